The molecule has 1 unspecified atom stereocenters. The fraction of sp³-hybridized carbons (Fsp3) is 0.909. The van der Waals surface area contributed by atoms with Crippen LogP contribution in [0.15, 0.2) is 0 Å². The molecule has 0 saturated carbocycles. The third-order valence-corrected chi connectivity index (χ3v) is 7.80. The molecule has 6 nitrogen and oxygen atoms in total. The van der Waals surface area contributed by atoms with Gasteiger partial charge in [0.15, 0.2) is 0 Å². The molecule has 11 heteroatoms. The highest BCUT2D eigenvalue weighted by Gasteiger charge is 2.17. The first-order valence-electron chi connectivity index (χ1n) is 6.78. The summed E-state index contributed by atoms with van der Waals surface area (Å²) in [7, 11) is 3.10. The van der Waals surface area contributed by atoms with Crippen LogP contribution in [0.2, 0.25) is 0 Å². The largest absolute Gasteiger partial charge is 0.465 e. The van der Waals surface area contributed by atoms with Gasteiger partial charge in [0.2, 0.25) is 0 Å². The average molecular weight is 410 g/mol. The van der Waals surface area contributed by atoms with Crippen molar-refractivity contribution in [3.63, 3.8) is 0 Å². The molecule has 0 radical (unpaired) electrons. The van der Waals surface area contributed by atoms with E-state index in [1.165, 1.54) is 6.92 Å². The Balaban J connectivity index is 3.40. The van der Waals surface area contributed by atoms with Gasteiger partial charge in [-0.3, -0.25) is 13.8 Å². The summed E-state index contributed by atoms with van der Waals surface area (Å²) in [5.41, 5.74) is 5.47. The molecule has 0 bridgehead atoms. The minimum atomic E-state index is -3.44. The van der Waals surface area contributed by atoms with Gasteiger partial charge in [-0.15, -0.1) is 0 Å². The molecule has 0 aliphatic carbocycles. The molecule has 0 aromatic carbocycles. The van der Waals surface area contributed by atoms with Crippen LogP contribution < -0.4 is 5.50 Å². The molecule has 0 aromatic heterocycles. The van der Waals surface area contributed by atoms with Crippen molar-refractivity contribution in [1.29, 1.82) is 0 Å². The van der Waals surface area contributed by atoms with Crippen LogP contribution >= 0.6 is 50.9 Å². The number of hydrogen-bond donors (Lipinski definition) is 1. The number of rotatable bonds is 15. The molecular formula is C11H24NO5PS4. The fourth-order valence-electron chi connectivity index (χ4n) is 0.973. The second-order valence-corrected chi connectivity index (χ2v) is 10.8. The number of hydrogen-bond acceptors (Lipinski definition) is 9. The predicted octanol–water partition coefficient (Wildman–Crippen LogP) is 3.82. The molecule has 0 fully saturated rings. The first kappa shape index (κ1) is 23.0. The van der Waals surface area contributed by atoms with E-state index in [1.807, 2.05) is 0 Å². The lowest BCUT2D eigenvalue weighted by molar-refractivity contribution is -0.140. The second kappa shape index (κ2) is 15.5. The van der Waals surface area contributed by atoms with Crippen LogP contribution in [-0.2, 0) is 23.1 Å². The normalized spacial score (nSPS) is 13.8. The monoisotopic (exact) mass is 409 g/mol. The van der Waals surface area contributed by atoms with Gasteiger partial charge in [0.05, 0.1) is 13.2 Å². The number of carbonyl (C=O) groups excluding carboxylic acids is 1. The van der Waals surface area contributed by atoms with Crippen molar-refractivity contribution in [2.45, 2.75) is 20.3 Å². The molecular weight excluding hydrogens is 385 g/mol. The molecule has 2 N–H and O–H groups in total. The summed E-state index contributed by atoms with van der Waals surface area (Å²) in [4.78, 5) is 10.5. The quantitative estimate of drug-likeness (QED) is 0.186. The van der Waals surface area contributed by atoms with Crippen LogP contribution in [0.25, 0.3) is 0 Å². The van der Waals surface area contributed by atoms with Crippen molar-refractivity contribution in [1.82, 2.24) is 0 Å². The first-order valence-corrected chi connectivity index (χ1v) is 13.4. The van der Waals surface area contributed by atoms with Crippen LogP contribution in [0.1, 0.15) is 20.3 Å². The summed E-state index contributed by atoms with van der Waals surface area (Å²) in [6.45, 7) is 4.47. The maximum Gasteiger partial charge on any atom is 0.402 e. The van der Waals surface area contributed by atoms with Crippen LogP contribution in [0, 0.1) is 0 Å². The highest BCUT2D eigenvalue weighted by atomic mass is 33.1. The number of carbonyl (C=O) groups is 1. The molecule has 0 aliphatic heterocycles. The minimum absolute atomic E-state index is 0.261. The summed E-state index contributed by atoms with van der Waals surface area (Å²) < 4.78 is 26.7. The SMILES string of the molecule is CCCSSCCOP(N)(=O)OCCSSCCOC(C)=O. The Bertz CT molecular complexity index is 338. The fourth-order valence-corrected chi connectivity index (χ4v) is 5.60. The van der Waals surface area contributed by atoms with Crippen LogP contribution in [0.5, 0.6) is 0 Å². The van der Waals surface area contributed by atoms with E-state index in [0.717, 1.165) is 17.9 Å². The molecule has 22 heavy (non-hydrogen) atoms. The van der Waals surface area contributed by atoms with Gasteiger partial charge in [-0.1, -0.05) is 50.1 Å². The van der Waals surface area contributed by atoms with Crippen molar-refractivity contribution in [3.8, 4) is 0 Å². The Morgan fingerprint density at radius 3 is 1.86 bits per heavy atom. The van der Waals surface area contributed by atoms with E-state index in [4.69, 9.17) is 19.3 Å². The van der Waals surface area contributed by atoms with Gasteiger partial charge >= 0.3 is 13.7 Å². The molecule has 0 saturated heterocycles. The van der Waals surface area contributed by atoms with E-state index in [9.17, 15) is 9.36 Å². The summed E-state index contributed by atoms with van der Waals surface area (Å²) in [5, 5.41) is 0. The van der Waals surface area contributed by atoms with Crippen molar-refractivity contribution in [3.05, 3.63) is 0 Å². The van der Waals surface area contributed by atoms with Gasteiger partial charge in [-0.2, -0.15) is 0 Å². The first-order chi connectivity index (χ1) is 10.5. The summed E-state index contributed by atoms with van der Waals surface area (Å²) in [6.07, 6.45) is 1.13. The average Bonchev–Trinajstić information content (AvgIpc) is 2.45. The standard InChI is InChI=1S/C11H24NO5PS4/c1-3-7-19-21-9-5-16-18(12,14)17-6-10-22-20-8-4-15-11(2)13/h3-10H2,1-2H3,(H2,12,14). The lowest BCUT2D eigenvalue weighted by Crippen LogP contribution is -2.08. The highest BCUT2D eigenvalue weighted by Crippen LogP contribution is 2.39. The molecule has 132 valence electrons. The Morgan fingerprint density at radius 2 is 1.41 bits per heavy atom. The van der Waals surface area contributed by atoms with E-state index in [-0.39, 0.29) is 12.6 Å². The molecule has 0 aliphatic rings. The van der Waals surface area contributed by atoms with E-state index >= 15 is 0 Å². The maximum absolute atomic E-state index is 11.8. The number of esters is 1. The van der Waals surface area contributed by atoms with Crippen LogP contribution in [0.4, 0.5) is 0 Å². The lowest BCUT2D eigenvalue weighted by Gasteiger charge is -2.13. The Labute approximate surface area is 148 Å². The highest BCUT2D eigenvalue weighted by molar-refractivity contribution is 8.77. The number of nitrogens with two attached hydrogens (primary N) is 1. The zero-order chi connectivity index (χ0) is 16.7. The van der Waals surface area contributed by atoms with Gasteiger partial charge in [-0.05, 0) is 6.42 Å². The lowest BCUT2D eigenvalue weighted by atomic mass is 10.6. The third-order valence-electron chi connectivity index (χ3n) is 1.80. The summed E-state index contributed by atoms with van der Waals surface area (Å²) >= 11 is 0. The van der Waals surface area contributed by atoms with Gasteiger partial charge in [0.1, 0.15) is 6.61 Å². The molecule has 0 aromatic rings. The predicted molar refractivity (Wildman–Crippen MR) is 100 cm³/mol. The van der Waals surface area contributed by atoms with Crippen molar-refractivity contribution in [2.24, 2.45) is 5.50 Å². The van der Waals surface area contributed by atoms with E-state index in [0.29, 0.717) is 24.7 Å². The summed E-state index contributed by atoms with van der Waals surface area (Å²) in [6, 6.07) is 0. The molecule has 0 spiro atoms. The Kier molecular flexibility index (Phi) is 16.2. The summed E-state index contributed by atoms with van der Waals surface area (Å²) in [5.74, 6) is 2.88. The molecule has 0 amide bonds. The molecule has 0 rings (SSSR count). The van der Waals surface area contributed by atoms with Gasteiger partial charge in [0.25, 0.3) is 0 Å². The number of ether oxygens (including phenoxy) is 1. The van der Waals surface area contributed by atoms with Crippen molar-refractivity contribution >= 4 is 56.9 Å². The van der Waals surface area contributed by atoms with E-state index < -0.39 is 7.75 Å². The van der Waals surface area contributed by atoms with Crippen LogP contribution in [-0.4, -0.2) is 48.8 Å². The molecule has 1 atom stereocenters. The van der Waals surface area contributed by atoms with Gasteiger partial charge in [0, 0.05) is 29.9 Å². The Morgan fingerprint density at radius 1 is 0.955 bits per heavy atom. The zero-order valence-electron chi connectivity index (χ0n) is 12.9. The van der Waals surface area contributed by atoms with Crippen molar-refractivity contribution in [2.75, 3.05) is 42.8 Å². The molecule has 0 heterocycles. The third kappa shape index (κ3) is 17.3. The smallest absolute Gasteiger partial charge is 0.402 e. The second-order valence-electron chi connectivity index (χ2n) is 3.83. The minimum Gasteiger partial charge on any atom is -0.465 e. The van der Waals surface area contributed by atoms with Gasteiger partial charge in [-0.25, -0.2) is 10.1 Å². The van der Waals surface area contributed by atoms with E-state index in [2.05, 4.69) is 6.92 Å². The van der Waals surface area contributed by atoms with Crippen molar-refractivity contribution < 1.29 is 23.1 Å². The topological polar surface area (TPSA) is 87.8 Å². The zero-order valence-corrected chi connectivity index (χ0v) is 17.0. The van der Waals surface area contributed by atoms with Crippen LogP contribution in [0.3, 0.4) is 0 Å². The van der Waals surface area contributed by atoms with E-state index in [1.54, 1.807) is 43.2 Å². The maximum atomic E-state index is 11.8. The Hall–Kier alpha value is 0.980. The van der Waals surface area contributed by atoms with Gasteiger partial charge < -0.3 is 4.74 Å².